The van der Waals surface area contributed by atoms with E-state index < -0.39 is 11.9 Å². The Morgan fingerprint density at radius 1 is 0.912 bits per heavy atom. The van der Waals surface area contributed by atoms with E-state index in [0.717, 1.165) is 12.1 Å². The van der Waals surface area contributed by atoms with Crippen LogP contribution in [0, 0.1) is 11.8 Å². The third kappa shape index (κ3) is 3.96. The van der Waals surface area contributed by atoms with Gasteiger partial charge in [-0.25, -0.2) is 4.98 Å². The number of piperazine rings is 1. The van der Waals surface area contributed by atoms with Crippen LogP contribution in [0.1, 0.15) is 69.3 Å². The van der Waals surface area contributed by atoms with Crippen LogP contribution in [0.15, 0.2) is 24.3 Å². The number of pyridine rings is 1. The van der Waals surface area contributed by atoms with Crippen molar-refractivity contribution in [3.05, 3.63) is 35.7 Å². The Labute approximate surface area is 199 Å². The van der Waals surface area contributed by atoms with Gasteiger partial charge in [0.1, 0.15) is 11.4 Å². The molecule has 4 aliphatic rings. The molecule has 0 aromatic carbocycles. The first kappa shape index (κ1) is 22.5. The van der Waals surface area contributed by atoms with Crippen LogP contribution in [0.2, 0.25) is 0 Å². The average molecular weight is 474 g/mol. The van der Waals surface area contributed by atoms with E-state index in [4.69, 9.17) is 5.10 Å². The molecule has 34 heavy (non-hydrogen) atoms. The van der Waals surface area contributed by atoms with Crippen LogP contribution < -0.4 is 0 Å². The zero-order valence-corrected chi connectivity index (χ0v) is 20.0. The lowest BCUT2D eigenvalue weighted by Crippen LogP contribution is -2.54. The second-order valence-electron chi connectivity index (χ2n) is 11.0. The summed E-state index contributed by atoms with van der Waals surface area (Å²) >= 11 is 0. The van der Waals surface area contributed by atoms with Crippen molar-refractivity contribution in [1.82, 2.24) is 24.6 Å². The summed E-state index contributed by atoms with van der Waals surface area (Å²) in [5, 5.41) is 4.71. The van der Waals surface area contributed by atoms with Crippen LogP contribution in [0.5, 0.6) is 0 Å². The van der Waals surface area contributed by atoms with E-state index in [1.807, 2.05) is 10.7 Å². The number of hydrogen-bond acceptors (Lipinski definition) is 4. The minimum absolute atomic E-state index is 0.159. The number of fused-ring (bicyclic) bond motifs is 1. The van der Waals surface area contributed by atoms with Gasteiger partial charge in [0.25, 0.3) is 0 Å². The number of halogens is 3. The molecule has 0 N–H and O–H groups in total. The Morgan fingerprint density at radius 2 is 1.56 bits per heavy atom. The highest BCUT2D eigenvalue weighted by molar-refractivity contribution is 5.55. The van der Waals surface area contributed by atoms with Gasteiger partial charge < -0.3 is 0 Å². The fourth-order valence-electron chi connectivity index (χ4n) is 6.70. The van der Waals surface area contributed by atoms with Crippen molar-refractivity contribution < 1.29 is 13.2 Å². The van der Waals surface area contributed by atoms with Crippen molar-refractivity contribution in [3.8, 4) is 11.4 Å². The Bertz CT molecular complexity index is 1020. The maximum atomic E-state index is 13.2. The van der Waals surface area contributed by atoms with Crippen molar-refractivity contribution in [1.29, 1.82) is 0 Å². The normalized spacial score (nSPS) is 30.5. The molecule has 2 unspecified atom stereocenters. The lowest BCUT2D eigenvalue weighted by Gasteiger charge is -2.44. The lowest BCUT2D eigenvalue weighted by molar-refractivity contribution is -0.141. The Hall–Kier alpha value is -1.93. The van der Waals surface area contributed by atoms with Crippen LogP contribution in [0.3, 0.4) is 0 Å². The molecule has 3 saturated carbocycles. The third-order valence-electron chi connectivity index (χ3n) is 8.77. The lowest BCUT2D eigenvalue weighted by atomic mass is 9.91. The molecule has 0 amide bonds. The molecule has 2 aromatic rings. The fourth-order valence-corrected chi connectivity index (χ4v) is 6.70. The summed E-state index contributed by atoms with van der Waals surface area (Å²) in [4.78, 5) is 9.29. The van der Waals surface area contributed by atoms with E-state index >= 15 is 0 Å². The van der Waals surface area contributed by atoms with Crippen molar-refractivity contribution in [2.45, 2.75) is 76.2 Å². The first-order valence-corrected chi connectivity index (χ1v) is 12.9. The first-order chi connectivity index (χ1) is 16.3. The van der Waals surface area contributed by atoms with E-state index in [0.29, 0.717) is 35.2 Å². The average Bonchev–Trinajstić information content (AvgIpc) is 3.13. The minimum Gasteiger partial charge on any atom is -0.298 e. The van der Waals surface area contributed by atoms with Gasteiger partial charge in [-0.2, -0.15) is 18.3 Å². The van der Waals surface area contributed by atoms with Crippen molar-refractivity contribution in [3.63, 3.8) is 0 Å². The smallest absolute Gasteiger partial charge is 0.298 e. The van der Waals surface area contributed by atoms with Gasteiger partial charge >= 0.3 is 6.18 Å². The van der Waals surface area contributed by atoms with Gasteiger partial charge in [-0.15, -0.1) is 0 Å². The van der Waals surface area contributed by atoms with Crippen LogP contribution in [0.4, 0.5) is 13.2 Å². The molecule has 2 aromatic heterocycles. The molecule has 4 atom stereocenters. The van der Waals surface area contributed by atoms with Crippen molar-refractivity contribution in [2.75, 3.05) is 26.2 Å². The van der Waals surface area contributed by atoms with Crippen LogP contribution in [-0.4, -0.2) is 62.8 Å². The molecule has 6 rings (SSSR count). The van der Waals surface area contributed by atoms with Crippen LogP contribution in [-0.2, 0) is 6.18 Å². The van der Waals surface area contributed by atoms with Gasteiger partial charge in [-0.3, -0.25) is 14.5 Å². The topological polar surface area (TPSA) is 37.2 Å². The molecule has 0 spiro atoms. The second kappa shape index (κ2) is 8.33. The molecule has 3 heterocycles. The van der Waals surface area contributed by atoms with E-state index in [9.17, 15) is 13.2 Å². The monoisotopic (exact) mass is 473 g/mol. The fraction of sp³-hybridized carbons (Fsp3) is 0.692. The minimum atomic E-state index is -4.45. The zero-order valence-electron chi connectivity index (χ0n) is 20.0. The number of rotatable bonds is 5. The Morgan fingerprint density at radius 3 is 2.12 bits per heavy atom. The van der Waals surface area contributed by atoms with Gasteiger partial charge in [0.15, 0.2) is 0 Å². The molecule has 4 fully saturated rings. The highest BCUT2D eigenvalue weighted by Crippen LogP contribution is 2.64. The van der Waals surface area contributed by atoms with Crippen LogP contribution >= 0.6 is 0 Å². The predicted molar refractivity (Wildman–Crippen MR) is 124 cm³/mol. The van der Waals surface area contributed by atoms with Gasteiger partial charge in [-0.05, 0) is 69.6 Å². The molecular formula is C26H34F3N5. The molecular weight excluding hydrogens is 439 g/mol. The van der Waals surface area contributed by atoms with Crippen molar-refractivity contribution >= 4 is 0 Å². The summed E-state index contributed by atoms with van der Waals surface area (Å²) in [6, 6.07) is 7.75. The number of nitrogens with zero attached hydrogens (tertiary/aromatic N) is 5. The summed E-state index contributed by atoms with van der Waals surface area (Å²) in [6.45, 7) is 8.99. The van der Waals surface area contributed by atoms with Crippen molar-refractivity contribution in [2.24, 2.45) is 11.8 Å². The van der Waals surface area contributed by atoms with E-state index in [-0.39, 0.29) is 6.04 Å². The molecule has 5 nitrogen and oxygen atoms in total. The third-order valence-corrected chi connectivity index (χ3v) is 8.77. The summed E-state index contributed by atoms with van der Waals surface area (Å²) < 4.78 is 41.5. The molecule has 184 valence electrons. The SMILES string of the molecule is CC(C)n1nc(-c2cccc(C(F)(F)F)n2)cc1C1[C@H]2CC(N3CCN(C4CCC4)CC3)C[C@@H]12. The van der Waals surface area contributed by atoms with Crippen LogP contribution in [0.25, 0.3) is 11.4 Å². The predicted octanol–water partition coefficient (Wildman–Crippen LogP) is 5.21. The molecule has 3 aliphatic carbocycles. The number of aromatic nitrogens is 3. The summed E-state index contributed by atoms with van der Waals surface area (Å²) in [5.74, 6) is 1.82. The van der Waals surface area contributed by atoms with E-state index in [1.54, 1.807) is 6.07 Å². The quantitative estimate of drug-likeness (QED) is 0.598. The Balaban J connectivity index is 1.14. The summed E-state index contributed by atoms with van der Waals surface area (Å²) in [7, 11) is 0. The zero-order chi connectivity index (χ0) is 23.6. The standard InChI is InChI=1S/C26H34F3N5/c1-16(2)34-23(15-22(31-34)21-7-4-8-24(30-21)26(27,28)29)25-19-13-18(14-20(19)25)33-11-9-32(10-12-33)17-5-3-6-17/h4,7-8,15-20,25H,3,5-6,9-14H2,1-2H3/t18?,19-,20+,25?. The molecule has 0 bridgehead atoms. The summed E-state index contributed by atoms with van der Waals surface area (Å²) in [5.41, 5.74) is 1.15. The van der Waals surface area contributed by atoms with E-state index in [2.05, 4.69) is 28.6 Å². The summed E-state index contributed by atoms with van der Waals surface area (Å²) in [6.07, 6.45) is 2.19. The largest absolute Gasteiger partial charge is 0.433 e. The number of alkyl halides is 3. The first-order valence-electron chi connectivity index (χ1n) is 12.9. The molecule has 0 radical (unpaired) electrons. The maximum Gasteiger partial charge on any atom is 0.433 e. The van der Waals surface area contributed by atoms with Gasteiger partial charge in [0, 0.05) is 55.9 Å². The van der Waals surface area contributed by atoms with Gasteiger partial charge in [0.05, 0.1) is 5.69 Å². The highest BCUT2D eigenvalue weighted by atomic mass is 19.4. The van der Waals surface area contributed by atoms with Gasteiger partial charge in [-0.1, -0.05) is 12.5 Å². The molecule has 1 aliphatic heterocycles. The Kier molecular flexibility index (Phi) is 5.52. The number of hydrogen-bond donors (Lipinski definition) is 0. The second-order valence-corrected chi connectivity index (χ2v) is 11.0. The van der Waals surface area contributed by atoms with Gasteiger partial charge in [0.2, 0.25) is 0 Å². The molecule has 8 heteroatoms. The maximum absolute atomic E-state index is 13.2. The molecule has 1 saturated heterocycles. The van der Waals surface area contributed by atoms with E-state index in [1.165, 1.54) is 70.0 Å². The highest BCUT2D eigenvalue weighted by Gasteiger charge is 2.58.